The number of aromatic nitrogens is 1. The quantitative estimate of drug-likeness (QED) is 0.727. The largest absolute Gasteiger partial charge is 0.465 e. The highest BCUT2D eigenvalue weighted by Crippen LogP contribution is 2.25. The molecule has 0 unspecified atom stereocenters. The standard InChI is InChI=1S/C9H5F3N2O2/c1-16-9(15)6-4(8(11)12)3-14-5(2-13)7(6)10/h3,8H,1H3. The maximum atomic E-state index is 13.4. The number of hydrogen-bond acceptors (Lipinski definition) is 4. The molecule has 7 heteroatoms. The van der Waals surface area contributed by atoms with Gasteiger partial charge in [-0.2, -0.15) is 5.26 Å². The molecule has 0 bridgehead atoms. The van der Waals surface area contributed by atoms with E-state index in [0.29, 0.717) is 6.20 Å². The Labute approximate surface area is 88.3 Å². The summed E-state index contributed by atoms with van der Waals surface area (Å²) in [6.45, 7) is 0. The van der Waals surface area contributed by atoms with Crippen LogP contribution in [0.25, 0.3) is 0 Å². The Morgan fingerprint density at radius 3 is 2.69 bits per heavy atom. The van der Waals surface area contributed by atoms with E-state index in [1.54, 1.807) is 0 Å². The van der Waals surface area contributed by atoms with Crippen LogP contribution >= 0.6 is 0 Å². The third kappa shape index (κ3) is 1.95. The summed E-state index contributed by atoms with van der Waals surface area (Å²) >= 11 is 0. The minimum absolute atomic E-state index is 0.582. The zero-order valence-corrected chi connectivity index (χ0v) is 8.00. The molecule has 16 heavy (non-hydrogen) atoms. The first-order valence-electron chi connectivity index (χ1n) is 3.97. The van der Waals surface area contributed by atoms with Crippen molar-refractivity contribution in [2.24, 2.45) is 0 Å². The average Bonchev–Trinajstić information content (AvgIpc) is 2.27. The molecule has 4 nitrogen and oxygen atoms in total. The van der Waals surface area contributed by atoms with Gasteiger partial charge in [0.05, 0.1) is 12.7 Å². The number of nitriles is 1. The Morgan fingerprint density at radius 1 is 1.62 bits per heavy atom. The van der Waals surface area contributed by atoms with Crippen molar-refractivity contribution in [3.63, 3.8) is 0 Å². The predicted molar refractivity (Wildman–Crippen MR) is 45.2 cm³/mol. The summed E-state index contributed by atoms with van der Waals surface area (Å²) in [6, 6.07) is 1.34. The number of esters is 1. The summed E-state index contributed by atoms with van der Waals surface area (Å²) in [7, 11) is 0.920. The third-order valence-corrected chi connectivity index (χ3v) is 1.78. The van der Waals surface area contributed by atoms with Gasteiger partial charge in [0, 0.05) is 6.20 Å². The lowest BCUT2D eigenvalue weighted by Crippen LogP contribution is -2.12. The lowest BCUT2D eigenvalue weighted by Gasteiger charge is -2.07. The molecule has 1 aromatic heterocycles. The first-order chi connectivity index (χ1) is 7.52. The fraction of sp³-hybridized carbons (Fsp3) is 0.222. The van der Waals surface area contributed by atoms with Crippen LogP contribution in [0.4, 0.5) is 13.2 Å². The summed E-state index contributed by atoms with van der Waals surface area (Å²) in [4.78, 5) is 14.3. The van der Waals surface area contributed by atoms with E-state index in [-0.39, 0.29) is 0 Å². The van der Waals surface area contributed by atoms with Crippen molar-refractivity contribution < 1.29 is 22.7 Å². The Bertz CT molecular complexity index is 469. The zero-order chi connectivity index (χ0) is 12.3. The molecule has 1 aromatic rings. The van der Waals surface area contributed by atoms with E-state index in [1.165, 1.54) is 6.07 Å². The highest BCUT2D eigenvalue weighted by atomic mass is 19.3. The number of carbonyl (C=O) groups excluding carboxylic acids is 1. The molecule has 0 saturated heterocycles. The Hall–Kier alpha value is -2.10. The molecular weight excluding hydrogens is 225 g/mol. The number of nitrogens with zero attached hydrogens (tertiary/aromatic N) is 2. The summed E-state index contributed by atoms with van der Waals surface area (Å²) in [5, 5.41) is 8.43. The zero-order valence-electron chi connectivity index (χ0n) is 8.00. The molecule has 0 atom stereocenters. The first-order valence-corrected chi connectivity index (χ1v) is 3.97. The van der Waals surface area contributed by atoms with Gasteiger partial charge in [0.1, 0.15) is 11.6 Å². The van der Waals surface area contributed by atoms with E-state index in [0.717, 1.165) is 7.11 Å². The molecule has 1 heterocycles. The SMILES string of the molecule is COC(=O)c1c(C(F)F)cnc(C#N)c1F. The maximum Gasteiger partial charge on any atom is 0.341 e. The first kappa shape index (κ1) is 12.0. The highest BCUT2D eigenvalue weighted by Gasteiger charge is 2.26. The van der Waals surface area contributed by atoms with Crippen molar-refractivity contribution in [2.75, 3.05) is 7.11 Å². The van der Waals surface area contributed by atoms with Gasteiger partial charge in [0.2, 0.25) is 0 Å². The Balaban J connectivity index is 3.50. The van der Waals surface area contributed by atoms with Crippen LogP contribution in [-0.4, -0.2) is 18.1 Å². The van der Waals surface area contributed by atoms with Crippen LogP contribution in [0.1, 0.15) is 28.0 Å². The third-order valence-electron chi connectivity index (χ3n) is 1.78. The van der Waals surface area contributed by atoms with Crippen LogP contribution < -0.4 is 0 Å². The molecule has 0 amide bonds. The normalized spacial score (nSPS) is 10.0. The summed E-state index contributed by atoms with van der Waals surface area (Å²) in [6.07, 6.45) is -2.50. The molecule has 84 valence electrons. The van der Waals surface area contributed by atoms with Gasteiger partial charge in [-0.15, -0.1) is 0 Å². The maximum absolute atomic E-state index is 13.4. The van der Waals surface area contributed by atoms with Crippen LogP contribution in [-0.2, 0) is 4.74 Å². The van der Waals surface area contributed by atoms with Crippen LogP contribution in [0, 0.1) is 17.1 Å². The Morgan fingerprint density at radius 2 is 2.25 bits per heavy atom. The van der Waals surface area contributed by atoms with Gasteiger partial charge in [-0.3, -0.25) is 0 Å². The van der Waals surface area contributed by atoms with Crippen LogP contribution in [0.2, 0.25) is 0 Å². The van der Waals surface area contributed by atoms with Crippen molar-refractivity contribution >= 4 is 5.97 Å². The minimum Gasteiger partial charge on any atom is -0.465 e. The van der Waals surface area contributed by atoms with E-state index in [4.69, 9.17) is 5.26 Å². The molecule has 1 rings (SSSR count). The highest BCUT2D eigenvalue weighted by molar-refractivity contribution is 5.91. The van der Waals surface area contributed by atoms with Gasteiger partial charge in [0.25, 0.3) is 6.43 Å². The second-order valence-electron chi connectivity index (χ2n) is 2.66. The van der Waals surface area contributed by atoms with Crippen molar-refractivity contribution in [1.29, 1.82) is 5.26 Å². The van der Waals surface area contributed by atoms with E-state index in [2.05, 4.69) is 9.72 Å². The second-order valence-corrected chi connectivity index (χ2v) is 2.66. The lowest BCUT2D eigenvalue weighted by molar-refractivity contribution is 0.0582. The topological polar surface area (TPSA) is 63.0 Å². The van der Waals surface area contributed by atoms with E-state index in [9.17, 15) is 18.0 Å². The number of rotatable bonds is 2. The van der Waals surface area contributed by atoms with Crippen LogP contribution in [0.3, 0.4) is 0 Å². The molecular formula is C9H5F3N2O2. The molecule has 0 fully saturated rings. The predicted octanol–water partition coefficient (Wildman–Crippen LogP) is 1.82. The van der Waals surface area contributed by atoms with Gasteiger partial charge in [-0.25, -0.2) is 22.9 Å². The molecule has 0 aliphatic rings. The fourth-order valence-electron chi connectivity index (χ4n) is 1.05. The van der Waals surface area contributed by atoms with Gasteiger partial charge in [0.15, 0.2) is 11.5 Å². The van der Waals surface area contributed by atoms with Crippen molar-refractivity contribution in [1.82, 2.24) is 4.98 Å². The second kappa shape index (κ2) is 4.61. The van der Waals surface area contributed by atoms with Crippen molar-refractivity contribution in [3.05, 3.63) is 28.8 Å². The van der Waals surface area contributed by atoms with Gasteiger partial charge in [-0.05, 0) is 0 Å². The van der Waals surface area contributed by atoms with Crippen molar-refractivity contribution in [2.45, 2.75) is 6.43 Å². The molecule has 0 radical (unpaired) electrons. The van der Waals surface area contributed by atoms with Crippen LogP contribution in [0.15, 0.2) is 6.20 Å². The minimum atomic E-state index is -3.08. The fourth-order valence-corrected chi connectivity index (χ4v) is 1.05. The van der Waals surface area contributed by atoms with E-state index in [1.807, 2.05) is 0 Å². The number of methoxy groups -OCH3 is 1. The molecule has 0 aliphatic heterocycles. The molecule has 0 spiro atoms. The van der Waals surface area contributed by atoms with Gasteiger partial charge in [-0.1, -0.05) is 0 Å². The molecule has 0 saturated carbocycles. The monoisotopic (exact) mass is 230 g/mol. The van der Waals surface area contributed by atoms with E-state index < -0.39 is 35.0 Å². The number of pyridine rings is 1. The molecule has 0 aliphatic carbocycles. The smallest absolute Gasteiger partial charge is 0.341 e. The summed E-state index contributed by atoms with van der Waals surface area (Å²) < 4.78 is 42.5. The number of halogens is 3. The summed E-state index contributed by atoms with van der Waals surface area (Å²) in [5.41, 5.74) is -2.59. The van der Waals surface area contributed by atoms with Crippen LogP contribution in [0.5, 0.6) is 0 Å². The number of alkyl halides is 2. The lowest BCUT2D eigenvalue weighted by atomic mass is 10.1. The van der Waals surface area contributed by atoms with Crippen molar-refractivity contribution in [3.8, 4) is 6.07 Å². The number of ether oxygens (including phenoxy) is 1. The summed E-state index contributed by atoms with van der Waals surface area (Å²) in [5.74, 6) is -2.67. The van der Waals surface area contributed by atoms with Gasteiger partial charge >= 0.3 is 5.97 Å². The van der Waals surface area contributed by atoms with Gasteiger partial charge < -0.3 is 4.74 Å². The number of hydrogen-bond donors (Lipinski definition) is 0. The Kier molecular flexibility index (Phi) is 3.45. The molecule has 0 N–H and O–H groups in total. The van der Waals surface area contributed by atoms with E-state index >= 15 is 0 Å². The average molecular weight is 230 g/mol. The molecule has 0 aromatic carbocycles. The number of carbonyl (C=O) groups is 1.